The first kappa shape index (κ1) is 9.93. The van der Waals surface area contributed by atoms with Crippen LogP contribution in [0.5, 0.6) is 0 Å². The highest BCUT2D eigenvalue weighted by atomic mass is 16.2. The Morgan fingerprint density at radius 2 is 1.93 bits per heavy atom. The molecule has 0 unspecified atom stereocenters. The van der Waals surface area contributed by atoms with E-state index in [9.17, 15) is 4.79 Å². The Morgan fingerprint density at radius 3 is 2.50 bits per heavy atom. The van der Waals surface area contributed by atoms with Crippen LogP contribution in [0.1, 0.15) is 19.3 Å². The molecule has 0 spiro atoms. The standard InChI is InChI=1S/C10H19N3O/c14-10(9-3-6-12-9)13-7-8-1-4-11-5-2-8/h8-9,11-12H,1-7H2,(H,13,14)/t9-/m1/s1. The van der Waals surface area contributed by atoms with E-state index in [0.717, 1.165) is 32.6 Å². The molecule has 1 amide bonds. The quantitative estimate of drug-likeness (QED) is 0.570. The van der Waals surface area contributed by atoms with Crippen molar-refractivity contribution in [2.24, 2.45) is 5.92 Å². The van der Waals surface area contributed by atoms with E-state index >= 15 is 0 Å². The van der Waals surface area contributed by atoms with Crippen LogP contribution in [0.3, 0.4) is 0 Å². The topological polar surface area (TPSA) is 53.2 Å². The van der Waals surface area contributed by atoms with Crippen LogP contribution in [0.4, 0.5) is 0 Å². The number of amides is 1. The molecule has 3 N–H and O–H groups in total. The van der Waals surface area contributed by atoms with Gasteiger partial charge in [-0.15, -0.1) is 0 Å². The normalized spacial score (nSPS) is 28.1. The lowest BCUT2D eigenvalue weighted by Gasteiger charge is -2.28. The lowest BCUT2D eigenvalue weighted by Crippen LogP contribution is -2.54. The van der Waals surface area contributed by atoms with Crippen molar-refractivity contribution >= 4 is 5.91 Å². The summed E-state index contributed by atoms with van der Waals surface area (Å²) in [7, 11) is 0. The first-order valence-corrected chi connectivity index (χ1v) is 5.58. The second kappa shape index (κ2) is 4.75. The van der Waals surface area contributed by atoms with Crippen molar-refractivity contribution in [2.45, 2.75) is 25.3 Å². The largest absolute Gasteiger partial charge is 0.354 e. The fourth-order valence-electron chi connectivity index (χ4n) is 1.97. The summed E-state index contributed by atoms with van der Waals surface area (Å²) in [4.78, 5) is 11.5. The van der Waals surface area contributed by atoms with Crippen molar-refractivity contribution in [3.63, 3.8) is 0 Å². The zero-order valence-electron chi connectivity index (χ0n) is 8.51. The first-order chi connectivity index (χ1) is 6.86. The van der Waals surface area contributed by atoms with Crippen LogP contribution in [0.2, 0.25) is 0 Å². The van der Waals surface area contributed by atoms with Gasteiger partial charge in [0.2, 0.25) is 5.91 Å². The van der Waals surface area contributed by atoms with Crippen LogP contribution < -0.4 is 16.0 Å². The number of rotatable bonds is 3. The lowest BCUT2D eigenvalue weighted by atomic mass is 9.98. The maximum atomic E-state index is 11.5. The molecular weight excluding hydrogens is 178 g/mol. The molecule has 2 saturated heterocycles. The summed E-state index contributed by atoms with van der Waals surface area (Å²) in [5.74, 6) is 0.870. The lowest BCUT2D eigenvalue weighted by molar-refractivity contribution is -0.124. The van der Waals surface area contributed by atoms with Gasteiger partial charge in [-0.2, -0.15) is 0 Å². The van der Waals surface area contributed by atoms with Gasteiger partial charge in [-0.05, 0) is 44.8 Å². The highest BCUT2D eigenvalue weighted by molar-refractivity contribution is 5.82. The Labute approximate surface area is 84.8 Å². The van der Waals surface area contributed by atoms with Gasteiger partial charge in [-0.25, -0.2) is 0 Å². The molecule has 0 bridgehead atoms. The van der Waals surface area contributed by atoms with E-state index < -0.39 is 0 Å². The minimum absolute atomic E-state index is 0.0942. The van der Waals surface area contributed by atoms with E-state index in [1.165, 1.54) is 12.8 Å². The molecule has 2 aliphatic rings. The molecule has 2 heterocycles. The fourth-order valence-corrected chi connectivity index (χ4v) is 1.97. The van der Waals surface area contributed by atoms with Gasteiger partial charge in [-0.1, -0.05) is 0 Å². The zero-order valence-corrected chi connectivity index (χ0v) is 8.51. The number of carbonyl (C=O) groups is 1. The van der Waals surface area contributed by atoms with Gasteiger partial charge < -0.3 is 16.0 Å². The Morgan fingerprint density at radius 1 is 1.21 bits per heavy atom. The predicted molar refractivity (Wildman–Crippen MR) is 55.0 cm³/mol. The van der Waals surface area contributed by atoms with E-state index in [1.54, 1.807) is 0 Å². The molecule has 2 fully saturated rings. The molecule has 0 aliphatic carbocycles. The summed E-state index contributed by atoms with van der Waals surface area (Å²) in [5, 5.41) is 9.46. The highest BCUT2D eigenvalue weighted by Crippen LogP contribution is 2.10. The third kappa shape index (κ3) is 2.45. The summed E-state index contributed by atoms with van der Waals surface area (Å²) in [6, 6.07) is 0.0942. The molecule has 0 aromatic carbocycles. The number of hydrogen-bond donors (Lipinski definition) is 3. The van der Waals surface area contributed by atoms with Gasteiger partial charge in [0, 0.05) is 6.54 Å². The van der Waals surface area contributed by atoms with Gasteiger partial charge in [-0.3, -0.25) is 4.79 Å². The van der Waals surface area contributed by atoms with Gasteiger partial charge >= 0.3 is 0 Å². The van der Waals surface area contributed by atoms with Gasteiger partial charge in [0.1, 0.15) is 0 Å². The van der Waals surface area contributed by atoms with Crippen molar-refractivity contribution < 1.29 is 4.79 Å². The monoisotopic (exact) mass is 197 g/mol. The van der Waals surface area contributed by atoms with E-state index in [1.807, 2.05) is 0 Å². The molecule has 0 radical (unpaired) electrons. The SMILES string of the molecule is O=C(NCC1CCNCC1)[C@H]1CCN1. The minimum Gasteiger partial charge on any atom is -0.354 e. The fraction of sp³-hybridized carbons (Fsp3) is 0.900. The number of hydrogen-bond acceptors (Lipinski definition) is 3. The smallest absolute Gasteiger partial charge is 0.237 e. The molecule has 4 nitrogen and oxygen atoms in total. The predicted octanol–water partition coefficient (Wildman–Crippen LogP) is -0.536. The molecule has 14 heavy (non-hydrogen) atoms. The Balaban J connectivity index is 1.62. The maximum Gasteiger partial charge on any atom is 0.237 e. The summed E-state index contributed by atoms with van der Waals surface area (Å²) in [6.45, 7) is 4.05. The molecular formula is C10H19N3O. The third-order valence-corrected chi connectivity index (χ3v) is 3.16. The molecule has 2 rings (SSSR count). The molecule has 0 saturated carbocycles. The second-order valence-corrected chi connectivity index (χ2v) is 4.23. The average molecular weight is 197 g/mol. The van der Waals surface area contributed by atoms with Crippen molar-refractivity contribution in [1.82, 2.24) is 16.0 Å². The second-order valence-electron chi connectivity index (χ2n) is 4.23. The van der Waals surface area contributed by atoms with E-state index in [2.05, 4.69) is 16.0 Å². The summed E-state index contributed by atoms with van der Waals surface area (Å²) < 4.78 is 0. The van der Waals surface area contributed by atoms with E-state index in [0.29, 0.717) is 5.92 Å². The number of piperidine rings is 1. The van der Waals surface area contributed by atoms with E-state index in [-0.39, 0.29) is 11.9 Å². The number of carbonyl (C=O) groups excluding carboxylic acids is 1. The average Bonchev–Trinajstić information content (AvgIpc) is 2.14. The minimum atomic E-state index is 0.0942. The van der Waals surface area contributed by atoms with Crippen LogP contribution in [0.15, 0.2) is 0 Å². The van der Waals surface area contributed by atoms with Crippen molar-refractivity contribution in [3.8, 4) is 0 Å². The summed E-state index contributed by atoms with van der Waals surface area (Å²) >= 11 is 0. The Bertz CT molecular complexity index is 198. The van der Waals surface area contributed by atoms with Crippen LogP contribution in [-0.4, -0.2) is 38.1 Å². The Hall–Kier alpha value is -0.610. The van der Waals surface area contributed by atoms with Crippen LogP contribution in [0.25, 0.3) is 0 Å². The molecule has 0 aromatic rings. The van der Waals surface area contributed by atoms with Gasteiger partial charge in [0.25, 0.3) is 0 Å². The molecule has 80 valence electrons. The third-order valence-electron chi connectivity index (χ3n) is 3.16. The van der Waals surface area contributed by atoms with Crippen LogP contribution in [-0.2, 0) is 4.79 Å². The van der Waals surface area contributed by atoms with Crippen LogP contribution >= 0.6 is 0 Å². The van der Waals surface area contributed by atoms with Crippen molar-refractivity contribution in [2.75, 3.05) is 26.2 Å². The maximum absolute atomic E-state index is 11.5. The number of nitrogens with one attached hydrogen (secondary N) is 3. The van der Waals surface area contributed by atoms with Gasteiger partial charge in [0.15, 0.2) is 0 Å². The molecule has 1 atom stereocenters. The molecule has 2 aliphatic heterocycles. The van der Waals surface area contributed by atoms with Crippen molar-refractivity contribution in [3.05, 3.63) is 0 Å². The molecule has 4 heteroatoms. The van der Waals surface area contributed by atoms with Crippen LogP contribution in [0, 0.1) is 5.92 Å². The van der Waals surface area contributed by atoms with E-state index in [4.69, 9.17) is 0 Å². The zero-order chi connectivity index (χ0) is 9.80. The highest BCUT2D eigenvalue weighted by Gasteiger charge is 2.24. The van der Waals surface area contributed by atoms with Gasteiger partial charge in [0.05, 0.1) is 6.04 Å². The first-order valence-electron chi connectivity index (χ1n) is 5.58. The van der Waals surface area contributed by atoms with Crippen molar-refractivity contribution in [1.29, 1.82) is 0 Å². The summed E-state index contributed by atoms with van der Waals surface area (Å²) in [6.07, 6.45) is 3.38. The summed E-state index contributed by atoms with van der Waals surface area (Å²) in [5.41, 5.74) is 0. The Kier molecular flexibility index (Phi) is 3.37. The molecule has 0 aromatic heterocycles.